The standard InChI is InChI=1S/C20H24FNO2/c1-14(15-5-9-17(21)10-6-15)22-19(23)13-24-18-11-7-16(8-12-18)20(2,3)4/h5-12,14H,13H2,1-4H3,(H,22,23)/t14-/m0/s1. The third-order valence-electron chi connectivity index (χ3n) is 3.84. The molecule has 0 aromatic heterocycles. The van der Waals surface area contributed by atoms with Crippen LogP contribution < -0.4 is 10.1 Å². The molecule has 24 heavy (non-hydrogen) atoms. The smallest absolute Gasteiger partial charge is 0.258 e. The second-order valence-corrected chi connectivity index (χ2v) is 6.90. The number of carbonyl (C=O) groups excluding carboxylic acids is 1. The second-order valence-electron chi connectivity index (χ2n) is 6.90. The molecule has 128 valence electrons. The Morgan fingerprint density at radius 2 is 1.67 bits per heavy atom. The highest BCUT2D eigenvalue weighted by atomic mass is 19.1. The Kier molecular flexibility index (Phi) is 5.60. The number of nitrogens with one attached hydrogen (secondary N) is 1. The summed E-state index contributed by atoms with van der Waals surface area (Å²) in [6.07, 6.45) is 0. The number of halogens is 1. The minimum Gasteiger partial charge on any atom is -0.484 e. The molecule has 0 aliphatic carbocycles. The van der Waals surface area contributed by atoms with E-state index in [1.165, 1.54) is 17.7 Å². The van der Waals surface area contributed by atoms with Crippen LogP contribution in [0.1, 0.15) is 44.9 Å². The van der Waals surface area contributed by atoms with Crippen LogP contribution in [0.2, 0.25) is 0 Å². The van der Waals surface area contributed by atoms with Crippen molar-refractivity contribution in [2.24, 2.45) is 0 Å². The fourth-order valence-corrected chi connectivity index (χ4v) is 2.32. The van der Waals surface area contributed by atoms with Gasteiger partial charge < -0.3 is 10.1 Å². The van der Waals surface area contributed by atoms with Gasteiger partial charge in [-0.15, -0.1) is 0 Å². The number of ether oxygens (including phenoxy) is 1. The van der Waals surface area contributed by atoms with Crippen molar-refractivity contribution in [2.45, 2.75) is 39.2 Å². The van der Waals surface area contributed by atoms with E-state index in [-0.39, 0.29) is 29.8 Å². The van der Waals surface area contributed by atoms with Crippen molar-refractivity contribution in [2.75, 3.05) is 6.61 Å². The zero-order valence-electron chi connectivity index (χ0n) is 14.6. The van der Waals surface area contributed by atoms with E-state index < -0.39 is 0 Å². The lowest BCUT2D eigenvalue weighted by Gasteiger charge is -2.19. The van der Waals surface area contributed by atoms with Crippen molar-refractivity contribution >= 4 is 5.91 Å². The van der Waals surface area contributed by atoms with Gasteiger partial charge in [0.1, 0.15) is 11.6 Å². The van der Waals surface area contributed by atoms with E-state index in [0.29, 0.717) is 5.75 Å². The third-order valence-corrected chi connectivity index (χ3v) is 3.84. The minimum atomic E-state index is -0.292. The van der Waals surface area contributed by atoms with Crippen LogP contribution >= 0.6 is 0 Å². The van der Waals surface area contributed by atoms with Gasteiger partial charge in [0.05, 0.1) is 6.04 Å². The van der Waals surface area contributed by atoms with Crippen molar-refractivity contribution < 1.29 is 13.9 Å². The first-order valence-corrected chi connectivity index (χ1v) is 8.04. The maximum Gasteiger partial charge on any atom is 0.258 e. The monoisotopic (exact) mass is 329 g/mol. The highest BCUT2D eigenvalue weighted by Gasteiger charge is 2.14. The highest BCUT2D eigenvalue weighted by molar-refractivity contribution is 5.78. The van der Waals surface area contributed by atoms with Crippen LogP contribution in [0.4, 0.5) is 4.39 Å². The van der Waals surface area contributed by atoms with Crippen molar-refractivity contribution in [3.05, 3.63) is 65.5 Å². The molecule has 0 aliphatic rings. The average Bonchev–Trinajstić information content (AvgIpc) is 2.53. The van der Waals surface area contributed by atoms with Gasteiger partial charge >= 0.3 is 0 Å². The van der Waals surface area contributed by atoms with Crippen molar-refractivity contribution in [1.82, 2.24) is 5.32 Å². The van der Waals surface area contributed by atoms with Crippen LogP contribution in [0.25, 0.3) is 0 Å². The molecule has 0 fully saturated rings. The summed E-state index contributed by atoms with van der Waals surface area (Å²) in [5.41, 5.74) is 2.14. The van der Waals surface area contributed by atoms with Crippen molar-refractivity contribution in [1.29, 1.82) is 0 Å². The molecule has 0 heterocycles. The topological polar surface area (TPSA) is 38.3 Å². The van der Waals surface area contributed by atoms with Gasteiger partial charge in [-0.25, -0.2) is 4.39 Å². The summed E-state index contributed by atoms with van der Waals surface area (Å²) in [6, 6.07) is 13.6. The summed E-state index contributed by atoms with van der Waals surface area (Å²) >= 11 is 0. The first-order chi connectivity index (χ1) is 11.3. The Labute approximate surface area is 142 Å². The molecule has 0 bridgehead atoms. The first-order valence-electron chi connectivity index (χ1n) is 8.04. The van der Waals surface area contributed by atoms with Gasteiger partial charge in [-0.2, -0.15) is 0 Å². The lowest BCUT2D eigenvalue weighted by molar-refractivity contribution is -0.123. The molecule has 3 nitrogen and oxygen atoms in total. The van der Waals surface area contributed by atoms with Crippen molar-refractivity contribution in [3.8, 4) is 5.75 Å². The predicted molar refractivity (Wildman–Crippen MR) is 93.6 cm³/mol. The maximum atomic E-state index is 12.9. The van der Waals surface area contributed by atoms with E-state index in [2.05, 4.69) is 26.1 Å². The van der Waals surface area contributed by atoms with E-state index in [4.69, 9.17) is 4.74 Å². The molecule has 1 atom stereocenters. The molecule has 0 saturated heterocycles. The van der Waals surface area contributed by atoms with Gasteiger partial charge in [0.25, 0.3) is 5.91 Å². The van der Waals surface area contributed by atoms with E-state index in [0.717, 1.165) is 5.56 Å². The SMILES string of the molecule is C[C@H](NC(=O)COc1ccc(C(C)(C)C)cc1)c1ccc(F)cc1. The Balaban J connectivity index is 1.85. The molecular weight excluding hydrogens is 305 g/mol. The van der Waals surface area contributed by atoms with E-state index in [9.17, 15) is 9.18 Å². The van der Waals surface area contributed by atoms with Crippen LogP contribution in [0, 0.1) is 5.82 Å². The normalized spacial score (nSPS) is 12.5. The Morgan fingerprint density at radius 3 is 2.21 bits per heavy atom. The summed E-state index contributed by atoms with van der Waals surface area (Å²) < 4.78 is 18.4. The van der Waals surface area contributed by atoms with E-state index >= 15 is 0 Å². The van der Waals surface area contributed by atoms with Crippen LogP contribution in [0.5, 0.6) is 5.75 Å². The summed E-state index contributed by atoms with van der Waals surface area (Å²) in [4.78, 5) is 12.0. The molecule has 0 unspecified atom stereocenters. The molecule has 0 spiro atoms. The molecular formula is C20H24FNO2. The molecule has 2 rings (SSSR count). The molecule has 1 N–H and O–H groups in total. The summed E-state index contributed by atoms with van der Waals surface area (Å²) in [6.45, 7) is 8.23. The fraction of sp³-hybridized carbons (Fsp3) is 0.350. The van der Waals surface area contributed by atoms with Gasteiger partial charge in [0.15, 0.2) is 6.61 Å². The summed E-state index contributed by atoms with van der Waals surface area (Å²) in [7, 11) is 0. The number of rotatable bonds is 5. The average molecular weight is 329 g/mol. The summed E-state index contributed by atoms with van der Waals surface area (Å²) in [5, 5.41) is 2.84. The maximum absolute atomic E-state index is 12.9. The van der Waals surface area contributed by atoms with Gasteiger partial charge in [-0.05, 0) is 47.7 Å². The molecule has 2 aromatic rings. The van der Waals surface area contributed by atoms with E-state index in [1.807, 2.05) is 31.2 Å². The molecule has 4 heteroatoms. The molecule has 2 aromatic carbocycles. The zero-order valence-corrected chi connectivity index (χ0v) is 14.6. The highest BCUT2D eigenvalue weighted by Crippen LogP contribution is 2.24. The predicted octanol–water partition coefficient (Wildman–Crippen LogP) is 4.38. The lowest BCUT2D eigenvalue weighted by Crippen LogP contribution is -2.31. The Morgan fingerprint density at radius 1 is 1.08 bits per heavy atom. The second kappa shape index (κ2) is 7.47. The number of carbonyl (C=O) groups is 1. The number of hydrogen-bond acceptors (Lipinski definition) is 2. The lowest BCUT2D eigenvalue weighted by atomic mass is 9.87. The molecule has 1 amide bonds. The van der Waals surface area contributed by atoms with E-state index in [1.54, 1.807) is 12.1 Å². The van der Waals surface area contributed by atoms with Crippen LogP contribution in [-0.2, 0) is 10.2 Å². The largest absolute Gasteiger partial charge is 0.484 e. The zero-order chi connectivity index (χ0) is 17.7. The Bertz CT molecular complexity index is 672. The molecule has 0 radical (unpaired) electrons. The fourth-order valence-electron chi connectivity index (χ4n) is 2.32. The van der Waals surface area contributed by atoms with Gasteiger partial charge in [0, 0.05) is 0 Å². The summed E-state index contributed by atoms with van der Waals surface area (Å²) in [5.74, 6) is 0.152. The van der Waals surface area contributed by atoms with Crippen molar-refractivity contribution in [3.63, 3.8) is 0 Å². The van der Waals surface area contributed by atoms with Crippen LogP contribution in [0.15, 0.2) is 48.5 Å². The first kappa shape index (κ1) is 18.0. The molecule has 0 saturated carbocycles. The molecule has 0 aliphatic heterocycles. The number of benzene rings is 2. The number of hydrogen-bond donors (Lipinski definition) is 1. The quantitative estimate of drug-likeness (QED) is 0.884. The van der Waals surface area contributed by atoms with Crippen LogP contribution in [0.3, 0.4) is 0 Å². The van der Waals surface area contributed by atoms with Crippen LogP contribution in [-0.4, -0.2) is 12.5 Å². The van der Waals surface area contributed by atoms with Gasteiger partial charge in [0.2, 0.25) is 0 Å². The van der Waals surface area contributed by atoms with Gasteiger partial charge in [-0.3, -0.25) is 4.79 Å². The minimum absolute atomic E-state index is 0.0552. The van der Waals surface area contributed by atoms with Gasteiger partial charge in [-0.1, -0.05) is 45.0 Å². The Hall–Kier alpha value is -2.36. The number of amides is 1. The third kappa shape index (κ3) is 5.08.